The van der Waals surface area contributed by atoms with Gasteiger partial charge in [-0.25, -0.2) is 15.0 Å². The van der Waals surface area contributed by atoms with E-state index < -0.39 is 0 Å². The predicted octanol–water partition coefficient (Wildman–Crippen LogP) is 3.47. The molecule has 0 aliphatic heterocycles. The van der Waals surface area contributed by atoms with E-state index in [1.165, 1.54) is 11.8 Å². The first kappa shape index (κ1) is 11.7. The summed E-state index contributed by atoms with van der Waals surface area (Å²) in [5.41, 5.74) is 6.55. The lowest BCUT2D eigenvalue weighted by Gasteiger charge is -2.02. The minimum absolute atomic E-state index is 0.275. The number of nitrogens with two attached hydrogens (primary N) is 1. The second-order valence-electron chi connectivity index (χ2n) is 3.44. The van der Waals surface area contributed by atoms with Gasteiger partial charge in [-0.1, -0.05) is 11.6 Å². The van der Waals surface area contributed by atoms with Crippen LogP contribution in [-0.4, -0.2) is 15.0 Å². The topological polar surface area (TPSA) is 64.7 Å². The molecule has 0 spiro atoms. The molecular weight excluding hydrogens is 288 g/mol. The summed E-state index contributed by atoms with van der Waals surface area (Å²) < 4.78 is 1.02. The normalized spacial score (nSPS) is 10.9. The molecule has 0 bridgehead atoms. The highest BCUT2D eigenvalue weighted by Crippen LogP contribution is 2.33. The molecule has 3 heterocycles. The third kappa shape index (κ3) is 2.27. The summed E-state index contributed by atoms with van der Waals surface area (Å²) >= 11 is 8.85. The zero-order valence-electron chi connectivity index (χ0n) is 9.00. The summed E-state index contributed by atoms with van der Waals surface area (Å²) in [6.07, 6.45) is 1.61. The van der Waals surface area contributed by atoms with Crippen LogP contribution in [0.2, 0.25) is 5.02 Å². The first-order valence-corrected chi connectivity index (χ1v) is 7.10. The first-order valence-electron chi connectivity index (χ1n) is 5.02. The number of pyridine rings is 1. The summed E-state index contributed by atoms with van der Waals surface area (Å²) in [7, 11) is 0. The van der Waals surface area contributed by atoms with Crippen LogP contribution < -0.4 is 5.73 Å². The van der Waals surface area contributed by atoms with Gasteiger partial charge in [0.05, 0.1) is 15.2 Å². The molecule has 3 aromatic heterocycles. The molecule has 0 radical (unpaired) electrons. The number of hydrogen-bond acceptors (Lipinski definition) is 6. The fourth-order valence-corrected chi connectivity index (χ4v) is 3.32. The Kier molecular flexibility index (Phi) is 3.07. The number of nitrogen functional groups attached to an aromatic ring is 1. The van der Waals surface area contributed by atoms with Gasteiger partial charge >= 0.3 is 0 Å². The van der Waals surface area contributed by atoms with Crippen LogP contribution in [-0.2, 0) is 0 Å². The van der Waals surface area contributed by atoms with Crippen LogP contribution in [0.3, 0.4) is 0 Å². The van der Waals surface area contributed by atoms with Crippen molar-refractivity contribution in [1.29, 1.82) is 0 Å². The van der Waals surface area contributed by atoms with Crippen molar-refractivity contribution in [3.8, 4) is 0 Å². The average Bonchev–Trinajstić information content (AvgIpc) is 2.80. The van der Waals surface area contributed by atoms with Gasteiger partial charge in [0.25, 0.3) is 0 Å². The van der Waals surface area contributed by atoms with Crippen molar-refractivity contribution < 1.29 is 0 Å². The first-order chi connectivity index (χ1) is 8.72. The minimum atomic E-state index is 0.275. The van der Waals surface area contributed by atoms with Gasteiger partial charge in [0.1, 0.15) is 10.1 Å². The van der Waals surface area contributed by atoms with E-state index in [1.807, 2.05) is 17.5 Å². The van der Waals surface area contributed by atoms with Crippen LogP contribution in [0.5, 0.6) is 0 Å². The molecule has 0 aliphatic carbocycles. The van der Waals surface area contributed by atoms with Gasteiger partial charge in [0.2, 0.25) is 5.95 Å². The number of thiophene rings is 1. The Hall–Kier alpha value is -1.37. The van der Waals surface area contributed by atoms with Crippen LogP contribution >= 0.6 is 34.7 Å². The molecule has 18 heavy (non-hydrogen) atoms. The second kappa shape index (κ2) is 4.72. The largest absolute Gasteiger partial charge is 0.368 e. The standard InChI is InChI=1S/C11H7ClN4S2/c12-6-1-2-8(14-5-6)18-10-9-7(3-4-17-9)15-11(13)16-10/h1-5H,(H2,13,15,16). The maximum Gasteiger partial charge on any atom is 0.221 e. The molecule has 3 aromatic rings. The lowest BCUT2D eigenvalue weighted by atomic mass is 10.5. The van der Waals surface area contributed by atoms with Gasteiger partial charge in [-0.15, -0.1) is 11.3 Å². The molecule has 0 unspecified atom stereocenters. The van der Waals surface area contributed by atoms with E-state index in [-0.39, 0.29) is 5.95 Å². The smallest absolute Gasteiger partial charge is 0.221 e. The summed E-state index contributed by atoms with van der Waals surface area (Å²) in [5.74, 6) is 0.275. The van der Waals surface area contributed by atoms with Crippen LogP contribution in [0.1, 0.15) is 0 Å². The van der Waals surface area contributed by atoms with Crippen LogP contribution in [0.4, 0.5) is 5.95 Å². The Morgan fingerprint density at radius 2 is 2.11 bits per heavy atom. The number of rotatable bonds is 2. The SMILES string of the molecule is Nc1nc(Sc2ccc(Cl)cn2)c2sccc2n1. The highest BCUT2D eigenvalue weighted by molar-refractivity contribution is 7.99. The van der Waals surface area contributed by atoms with Gasteiger partial charge in [0.15, 0.2) is 0 Å². The Morgan fingerprint density at radius 3 is 2.89 bits per heavy atom. The van der Waals surface area contributed by atoms with Crippen LogP contribution in [0, 0.1) is 0 Å². The molecule has 0 fully saturated rings. The third-order valence-electron chi connectivity index (χ3n) is 2.19. The lowest BCUT2D eigenvalue weighted by molar-refractivity contribution is 1.10. The molecule has 3 rings (SSSR count). The molecule has 0 atom stereocenters. The molecule has 2 N–H and O–H groups in total. The highest BCUT2D eigenvalue weighted by atomic mass is 35.5. The maximum atomic E-state index is 5.80. The fourth-order valence-electron chi connectivity index (χ4n) is 1.44. The van der Waals surface area contributed by atoms with Crippen LogP contribution in [0.15, 0.2) is 39.8 Å². The van der Waals surface area contributed by atoms with Gasteiger partial charge in [-0.3, -0.25) is 0 Å². The quantitative estimate of drug-likeness (QED) is 0.733. The van der Waals surface area contributed by atoms with Crippen LogP contribution in [0.25, 0.3) is 10.2 Å². The Balaban J connectivity index is 2.03. The summed E-state index contributed by atoms with van der Waals surface area (Å²) in [6.45, 7) is 0. The summed E-state index contributed by atoms with van der Waals surface area (Å²) in [6, 6.07) is 5.58. The summed E-state index contributed by atoms with van der Waals surface area (Å²) in [5, 5.41) is 4.23. The van der Waals surface area contributed by atoms with E-state index in [0.717, 1.165) is 20.3 Å². The number of anilines is 1. The van der Waals surface area contributed by atoms with Crippen molar-refractivity contribution in [2.24, 2.45) is 0 Å². The van der Waals surface area contributed by atoms with Crippen molar-refractivity contribution in [3.63, 3.8) is 0 Å². The average molecular weight is 295 g/mol. The number of hydrogen-bond donors (Lipinski definition) is 1. The van der Waals surface area contributed by atoms with E-state index in [4.69, 9.17) is 17.3 Å². The summed E-state index contributed by atoms with van der Waals surface area (Å²) in [4.78, 5) is 12.7. The molecule has 0 amide bonds. The minimum Gasteiger partial charge on any atom is -0.368 e. The molecule has 7 heteroatoms. The molecule has 0 saturated heterocycles. The molecule has 0 aliphatic rings. The molecule has 0 aromatic carbocycles. The Bertz CT molecular complexity index is 696. The Morgan fingerprint density at radius 1 is 1.22 bits per heavy atom. The van der Waals surface area contributed by atoms with E-state index in [9.17, 15) is 0 Å². The van der Waals surface area contributed by atoms with Gasteiger partial charge in [-0.2, -0.15) is 0 Å². The number of nitrogens with zero attached hydrogens (tertiary/aromatic N) is 3. The predicted molar refractivity (Wildman–Crippen MR) is 75.2 cm³/mol. The Labute approximate surface area is 116 Å². The molecular formula is C11H7ClN4S2. The fraction of sp³-hybridized carbons (Fsp3) is 0. The van der Waals surface area contributed by atoms with Gasteiger partial charge in [0, 0.05) is 6.20 Å². The van der Waals surface area contributed by atoms with Crippen molar-refractivity contribution in [1.82, 2.24) is 15.0 Å². The van der Waals surface area contributed by atoms with Gasteiger partial charge in [-0.05, 0) is 35.3 Å². The number of halogens is 1. The zero-order chi connectivity index (χ0) is 12.5. The van der Waals surface area contributed by atoms with Crippen molar-refractivity contribution in [2.45, 2.75) is 10.1 Å². The van der Waals surface area contributed by atoms with E-state index in [1.54, 1.807) is 23.6 Å². The second-order valence-corrected chi connectivity index (χ2v) is 5.80. The van der Waals surface area contributed by atoms with E-state index >= 15 is 0 Å². The van der Waals surface area contributed by atoms with Crippen molar-refractivity contribution in [2.75, 3.05) is 5.73 Å². The van der Waals surface area contributed by atoms with Gasteiger partial charge < -0.3 is 5.73 Å². The van der Waals surface area contributed by atoms with E-state index in [2.05, 4.69) is 15.0 Å². The lowest BCUT2D eigenvalue weighted by Crippen LogP contribution is -1.95. The molecule has 4 nitrogen and oxygen atoms in total. The molecule has 0 saturated carbocycles. The van der Waals surface area contributed by atoms with Crippen molar-refractivity contribution in [3.05, 3.63) is 34.8 Å². The maximum absolute atomic E-state index is 5.80. The number of fused-ring (bicyclic) bond motifs is 1. The van der Waals surface area contributed by atoms with E-state index in [0.29, 0.717) is 5.02 Å². The number of aromatic nitrogens is 3. The third-order valence-corrected chi connectivity index (χ3v) is 4.39. The highest BCUT2D eigenvalue weighted by Gasteiger charge is 2.09. The zero-order valence-corrected chi connectivity index (χ0v) is 11.4. The molecule has 90 valence electrons. The van der Waals surface area contributed by atoms with Crippen molar-refractivity contribution >= 4 is 50.9 Å². The monoisotopic (exact) mass is 294 g/mol.